The SMILES string of the molecule is CCOC=O.FC(F)C1CCC1. The number of carbonyl (C=O) groups is 1. The summed E-state index contributed by atoms with van der Waals surface area (Å²) in [6.07, 6.45) is 0.457. The highest BCUT2D eigenvalue weighted by molar-refractivity contribution is 5.36. The smallest absolute Gasteiger partial charge is 0.293 e. The summed E-state index contributed by atoms with van der Waals surface area (Å²) >= 11 is 0. The Hall–Kier alpha value is -0.670. The molecule has 0 spiro atoms. The molecule has 0 saturated heterocycles. The number of rotatable bonds is 3. The van der Waals surface area contributed by atoms with Crippen LogP contribution in [0.4, 0.5) is 8.78 Å². The Kier molecular flexibility index (Phi) is 6.61. The van der Waals surface area contributed by atoms with Crippen LogP contribution < -0.4 is 0 Å². The van der Waals surface area contributed by atoms with Gasteiger partial charge in [-0.15, -0.1) is 0 Å². The van der Waals surface area contributed by atoms with E-state index in [0.717, 1.165) is 19.3 Å². The summed E-state index contributed by atoms with van der Waals surface area (Å²) in [4.78, 5) is 9.18. The lowest BCUT2D eigenvalue weighted by Gasteiger charge is -2.23. The Morgan fingerprint density at radius 2 is 2.17 bits per heavy atom. The van der Waals surface area contributed by atoms with E-state index in [1.807, 2.05) is 0 Å². The van der Waals surface area contributed by atoms with Gasteiger partial charge in [0.1, 0.15) is 0 Å². The second-order valence-corrected chi connectivity index (χ2v) is 2.58. The second-order valence-electron chi connectivity index (χ2n) is 2.58. The molecule has 0 amide bonds. The van der Waals surface area contributed by atoms with Gasteiger partial charge in [-0.2, -0.15) is 0 Å². The molecule has 72 valence electrons. The van der Waals surface area contributed by atoms with Crippen molar-refractivity contribution in [1.82, 2.24) is 0 Å². The fourth-order valence-corrected chi connectivity index (χ4v) is 0.760. The van der Waals surface area contributed by atoms with Crippen LogP contribution in [0.2, 0.25) is 0 Å². The summed E-state index contributed by atoms with van der Waals surface area (Å²) in [5.74, 6) is -0.250. The zero-order valence-electron chi connectivity index (χ0n) is 7.13. The van der Waals surface area contributed by atoms with Crippen molar-refractivity contribution in [2.24, 2.45) is 5.92 Å². The van der Waals surface area contributed by atoms with E-state index in [2.05, 4.69) is 4.74 Å². The zero-order chi connectivity index (χ0) is 9.40. The van der Waals surface area contributed by atoms with Gasteiger partial charge in [-0.3, -0.25) is 4.79 Å². The summed E-state index contributed by atoms with van der Waals surface area (Å²) in [5.41, 5.74) is 0. The van der Waals surface area contributed by atoms with Gasteiger partial charge in [0.2, 0.25) is 6.43 Å². The van der Waals surface area contributed by atoms with E-state index in [9.17, 15) is 13.6 Å². The maximum Gasteiger partial charge on any atom is 0.293 e. The largest absolute Gasteiger partial charge is 0.468 e. The Bertz CT molecular complexity index is 114. The highest BCUT2D eigenvalue weighted by atomic mass is 19.3. The van der Waals surface area contributed by atoms with Crippen molar-refractivity contribution < 1.29 is 18.3 Å². The number of halogens is 2. The van der Waals surface area contributed by atoms with Crippen LogP contribution >= 0.6 is 0 Å². The van der Waals surface area contributed by atoms with Crippen molar-refractivity contribution in [2.75, 3.05) is 6.61 Å². The van der Waals surface area contributed by atoms with Crippen LogP contribution in [0.25, 0.3) is 0 Å². The quantitative estimate of drug-likeness (QED) is 0.622. The molecule has 1 saturated carbocycles. The molecule has 1 fully saturated rings. The first-order chi connectivity index (χ1) is 5.72. The van der Waals surface area contributed by atoms with Crippen molar-refractivity contribution in [1.29, 1.82) is 0 Å². The summed E-state index contributed by atoms with van der Waals surface area (Å²) in [6, 6.07) is 0. The lowest BCUT2D eigenvalue weighted by atomic mass is 9.86. The number of alkyl halides is 2. The fourth-order valence-electron chi connectivity index (χ4n) is 0.760. The Labute approximate surface area is 70.9 Å². The van der Waals surface area contributed by atoms with Crippen LogP contribution in [0.5, 0.6) is 0 Å². The Morgan fingerprint density at radius 1 is 1.58 bits per heavy atom. The minimum atomic E-state index is -2.05. The maximum atomic E-state index is 11.5. The van der Waals surface area contributed by atoms with E-state index in [0.29, 0.717) is 13.1 Å². The second kappa shape index (κ2) is 7.00. The van der Waals surface area contributed by atoms with Crippen LogP contribution in [0.15, 0.2) is 0 Å². The van der Waals surface area contributed by atoms with Crippen LogP contribution in [-0.2, 0) is 9.53 Å². The lowest BCUT2D eigenvalue weighted by Crippen LogP contribution is -2.18. The minimum absolute atomic E-state index is 0.250. The van der Waals surface area contributed by atoms with E-state index in [-0.39, 0.29) is 5.92 Å². The lowest BCUT2D eigenvalue weighted by molar-refractivity contribution is -0.128. The molecule has 0 aliphatic heterocycles. The number of ether oxygens (including phenoxy) is 1. The van der Waals surface area contributed by atoms with Gasteiger partial charge < -0.3 is 4.74 Å². The zero-order valence-corrected chi connectivity index (χ0v) is 7.13. The molecule has 0 heterocycles. The highest BCUT2D eigenvalue weighted by Gasteiger charge is 2.26. The summed E-state index contributed by atoms with van der Waals surface area (Å²) in [7, 11) is 0. The van der Waals surface area contributed by atoms with Gasteiger partial charge in [-0.1, -0.05) is 6.42 Å². The molecule has 12 heavy (non-hydrogen) atoms. The third kappa shape index (κ3) is 5.04. The van der Waals surface area contributed by atoms with Crippen molar-refractivity contribution in [3.8, 4) is 0 Å². The first-order valence-electron chi connectivity index (χ1n) is 4.05. The van der Waals surface area contributed by atoms with Gasteiger partial charge in [-0.25, -0.2) is 8.78 Å². The van der Waals surface area contributed by atoms with Crippen molar-refractivity contribution in [3.63, 3.8) is 0 Å². The molecule has 0 N–H and O–H groups in total. The molecule has 0 atom stereocenters. The van der Waals surface area contributed by atoms with Gasteiger partial charge in [0, 0.05) is 5.92 Å². The summed E-state index contributed by atoms with van der Waals surface area (Å²) in [5, 5.41) is 0. The predicted octanol–water partition coefficient (Wildman–Crippen LogP) is 2.23. The van der Waals surface area contributed by atoms with Crippen LogP contribution in [-0.4, -0.2) is 19.5 Å². The molecule has 0 bridgehead atoms. The van der Waals surface area contributed by atoms with Gasteiger partial charge in [-0.05, 0) is 19.8 Å². The van der Waals surface area contributed by atoms with Gasteiger partial charge in [0.15, 0.2) is 0 Å². The monoisotopic (exact) mass is 180 g/mol. The van der Waals surface area contributed by atoms with E-state index >= 15 is 0 Å². The minimum Gasteiger partial charge on any atom is -0.468 e. The topological polar surface area (TPSA) is 26.3 Å². The Balaban J connectivity index is 0.000000217. The standard InChI is InChI=1S/C5H8F2.C3H6O2/c6-5(7)4-2-1-3-4;1-2-5-3-4/h4-5H,1-3H2;3H,2H2,1H3. The van der Waals surface area contributed by atoms with E-state index in [1.165, 1.54) is 0 Å². The predicted molar refractivity (Wildman–Crippen MR) is 41.0 cm³/mol. The van der Waals surface area contributed by atoms with Crippen LogP contribution in [0.3, 0.4) is 0 Å². The Morgan fingerprint density at radius 3 is 2.17 bits per heavy atom. The van der Waals surface area contributed by atoms with Crippen LogP contribution in [0, 0.1) is 5.92 Å². The molecule has 0 aromatic rings. The number of hydrogen-bond acceptors (Lipinski definition) is 2. The van der Waals surface area contributed by atoms with E-state index < -0.39 is 6.43 Å². The van der Waals surface area contributed by atoms with Gasteiger partial charge in [0.25, 0.3) is 6.47 Å². The summed E-state index contributed by atoms with van der Waals surface area (Å²) in [6.45, 7) is 2.66. The highest BCUT2D eigenvalue weighted by Crippen LogP contribution is 2.31. The molecule has 1 aliphatic carbocycles. The molecule has 1 rings (SSSR count). The molecule has 0 unspecified atom stereocenters. The summed E-state index contributed by atoms with van der Waals surface area (Å²) < 4.78 is 27.1. The van der Waals surface area contributed by atoms with Crippen molar-refractivity contribution in [3.05, 3.63) is 0 Å². The third-order valence-corrected chi connectivity index (χ3v) is 1.74. The molecule has 1 aliphatic rings. The molecule has 0 radical (unpaired) electrons. The maximum absolute atomic E-state index is 11.5. The van der Waals surface area contributed by atoms with Crippen LogP contribution in [0.1, 0.15) is 26.2 Å². The number of carbonyl (C=O) groups excluding carboxylic acids is 1. The average molecular weight is 180 g/mol. The number of hydrogen-bond donors (Lipinski definition) is 0. The van der Waals surface area contributed by atoms with Gasteiger partial charge >= 0.3 is 0 Å². The fraction of sp³-hybridized carbons (Fsp3) is 0.875. The van der Waals surface area contributed by atoms with Crippen molar-refractivity contribution in [2.45, 2.75) is 32.6 Å². The molecule has 2 nitrogen and oxygen atoms in total. The normalized spacial score (nSPS) is 16.0. The van der Waals surface area contributed by atoms with E-state index in [4.69, 9.17) is 0 Å². The molecule has 0 aromatic heterocycles. The molecule has 0 aromatic carbocycles. The molecular weight excluding hydrogens is 166 g/mol. The first-order valence-corrected chi connectivity index (χ1v) is 4.05. The van der Waals surface area contributed by atoms with E-state index in [1.54, 1.807) is 6.92 Å². The average Bonchev–Trinajstić information content (AvgIpc) is 1.85. The molecule has 4 heteroatoms. The van der Waals surface area contributed by atoms with Gasteiger partial charge in [0.05, 0.1) is 6.61 Å². The third-order valence-electron chi connectivity index (χ3n) is 1.74. The van der Waals surface area contributed by atoms with Crippen molar-refractivity contribution >= 4 is 6.47 Å². The molecular formula is C8H14F2O2. The first kappa shape index (κ1) is 11.3.